The molecule has 7 nitrogen and oxygen atoms in total. The first-order valence-electron chi connectivity index (χ1n) is 6.57. The van der Waals surface area contributed by atoms with Gasteiger partial charge in [0, 0.05) is 12.1 Å². The molecule has 0 unspecified atom stereocenters. The quantitative estimate of drug-likeness (QED) is 0.794. The van der Waals surface area contributed by atoms with Crippen molar-refractivity contribution in [3.63, 3.8) is 0 Å². The predicted octanol–water partition coefficient (Wildman–Crippen LogP) is 2.18. The van der Waals surface area contributed by atoms with Crippen LogP contribution in [-0.2, 0) is 6.54 Å². The third kappa shape index (κ3) is 4.42. The second-order valence-corrected chi connectivity index (χ2v) is 4.80. The van der Waals surface area contributed by atoms with Gasteiger partial charge in [0.05, 0.1) is 6.54 Å². The van der Waals surface area contributed by atoms with Gasteiger partial charge in [0.2, 0.25) is 5.89 Å². The Hall–Kier alpha value is -2.15. The van der Waals surface area contributed by atoms with Gasteiger partial charge in [-0.25, -0.2) is 4.98 Å². The molecule has 8 heteroatoms. The molecule has 0 aliphatic carbocycles. The topological polar surface area (TPSA) is 92.9 Å². The molecule has 0 saturated heterocycles. The van der Waals surface area contributed by atoms with Crippen molar-refractivity contribution in [2.75, 3.05) is 11.9 Å². The van der Waals surface area contributed by atoms with E-state index in [4.69, 9.17) is 16.1 Å². The third-order valence-electron chi connectivity index (χ3n) is 2.58. The fourth-order valence-corrected chi connectivity index (χ4v) is 1.85. The van der Waals surface area contributed by atoms with Crippen LogP contribution in [-0.4, -0.2) is 27.6 Å². The van der Waals surface area contributed by atoms with E-state index in [1.54, 1.807) is 13.0 Å². The van der Waals surface area contributed by atoms with Gasteiger partial charge >= 0.3 is 0 Å². The summed E-state index contributed by atoms with van der Waals surface area (Å²) in [5, 5.41) is 9.69. The lowest BCUT2D eigenvalue weighted by molar-refractivity contribution is 0.0946. The predicted molar refractivity (Wildman–Crippen MR) is 78.2 cm³/mol. The average Bonchev–Trinajstić information content (AvgIpc) is 2.87. The van der Waals surface area contributed by atoms with Crippen LogP contribution in [0.15, 0.2) is 16.7 Å². The number of aryl methyl sites for hydroxylation is 1. The maximum Gasteiger partial charge on any atom is 0.251 e. The fraction of sp³-hybridized carbons (Fsp3) is 0.385. The molecule has 0 aliphatic rings. The Labute approximate surface area is 127 Å². The highest BCUT2D eigenvalue weighted by Gasteiger charge is 2.11. The van der Waals surface area contributed by atoms with Crippen molar-refractivity contribution in [2.45, 2.75) is 26.8 Å². The van der Waals surface area contributed by atoms with Crippen molar-refractivity contribution in [1.29, 1.82) is 0 Å². The van der Waals surface area contributed by atoms with Crippen LogP contribution in [0.2, 0.25) is 5.15 Å². The standard InChI is InChI=1S/C13H16ClN5O2/c1-3-4-15-11-6-9(5-10(14)18-11)13(20)16-7-12-17-8(2)19-21-12/h5-6H,3-4,7H2,1-2H3,(H,15,18)(H,16,20). The van der Waals surface area contributed by atoms with Crippen LogP contribution in [0.5, 0.6) is 0 Å². The van der Waals surface area contributed by atoms with Crippen LogP contribution in [0, 0.1) is 6.92 Å². The SMILES string of the molecule is CCCNc1cc(C(=O)NCc2nc(C)no2)cc(Cl)n1. The Bertz CT molecular complexity index is 629. The van der Waals surface area contributed by atoms with E-state index in [2.05, 4.69) is 25.8 Å². The third-order valence-corrected chi connectivity index (χ3v) is 2.78. The van der Waals surface area contributed by atoms with Gasteiger partial charge in [0.25, 0.3) is 5.91 Å². The monoisotopic (exact) mass is 309 g/mol. The van der Waals surface area contributed by atoms with E-state index in [1.807, 2.05) is 6.92 Å². The van der Waals surface area contributed by atoms with E-state index in [0.29, 0.717) is 23.1 Å². The van der Waals surface area contributed by atoms with Crippen molar-refractivity contribution in [3.05, 3.63) is 34.6 Å². The van der Waals surface area contributed by atoms with Gasteiger partial charge in [0.15, 0.2) is 5.82 Å². The molecule has 0 saturated carbocycles. The molecule has 0 radical (unpaired) electrons. The molecule has 1 amide bonds. The van der Waals surface area contributed by atoms with Crippen molar-refractivity contribution in [1.82, 2.24) is 20.4 Å². The molecule has 2 heterocycles. The minimum atomic E-state index is -0.283. The Balaban J connectivity index is 2.02. The maximum atomic E-state index is 12.1. The molecule has 0 fully saturated rings. The van der Waals surface area contributed by atoms with Crippen molar-refractivity contribution < 1.29 is 9.32 Å². The smallest absolute Gasteiger partial charge is 0.251 e. The van der Waals surface area contributed by atoms with E-state index in [1.165, 1.54) is 6.07 Å². The van der Waals surface area contributed by atoms with Gasteiger partial charge in [-0.1, -0.05) is 23.7 Å². The second-order valence-electron chi connectivity index (χ2n) is 4.41. The highest BCUT2D eigenvalue weighted by atomic mass is 35.5. The summed E-state index contributed by atoms with van der Waals surface area (Å²) in [6, 6.07) is 3.16. The van der Waals surface area contributed by atoms with Gasteiger partial charge in [-0.2, -0.15) is 4.98 Å². The number of carbonyl (C=O) groups excluding carboxylic acids is 1. The number of aromatic nitrogens is 3. The first-order valence-corrected chi connectivity index (χ1v) is 6.95. The van der Waals surface area contributed by atoms with E-state index < -0.39 is 0 Å². The number of halogens is 1. The summed E-state index contributed by atoms with van der Waals surface area (Å²) in [6.07, 6.45) is 0.951. The van der Waals surface area contributed by atoms with E-state index >= 15 is 0 Å². The minimum absolute atomic E-state index is 0.164. The van der Waals surface area contributed by atoms with Gasteiger partial charge in [0.1, 0.15) is 11.0 Å². The number of hydrogen-bond donors (Lipinski definition) is 2. The van der Waals surface area contributed by atoms with E-state index in [0.717, 1.165) is 13.0 Å². The van der Waals surface area contributed by atoms with E-state index in [9.17, 15) is 4.79 Å². The van der Waals surface area contributed by atoms with Gasteiger partial charge < -0.3 is 15.2 Å². The highest BCUT2D eigenvalue weighted by Crippen LogP contribution is 2.14. The molecule has 21 heavy (non-hydrogen) atoms. The second kappa shape index (κ2) is 7.03. The molecular weight excluding hydrogens is 294 g/mol. The van der Waals surface area contributed by atoms with E-state index in [-0.39, 0.29) is 17.6 Å². The Kier molecular flexibility index (Phi) is 5.10. The molecule has 112 valence electrons. The van der Waals surface area contributed by atoms with Crippen LogP contribution in [0.3, 0.4) is 0 Å². The molecule has 2 N–H and O–H groups in total. The fourth-order valence-electron chi connectivity index (χ4n) is 1.64. The van der Waals surface area contributed by atoms with Gasteiger partial charge in [-0.05, 0) is 25.5 Å². The number of carbonyl (C=O) groups is 1. The number of nitrogens with one attached hydrogen (secondary N) is 2. The van der Waals surface area contributed by atoms with Crippen LogP contribution >= 0.6 is 11.6 Å². The molecule has 2 aromatic rings. The number of nitrogens with zero attached hydrogens (tertiary/aromatic N) is 3. The van der Waals surface area contributed by atoms with Crippen LogP contribution < -0.4 is 10.6 Å². The number of amides is 1. The lowest BCUT2D eigenvalue weighted by Crippen LogP contribution is -2.23. The number of rotatable bonds is 6. The first kappa shape index (κ1) is 15.2. The highest BCUT2D eigenvalue weighted by molar-refractivity contribution is 6.29. The summed E-state index contributed by atoms with van der Waals surface area (Å²) in [6.45, 7) is 4.67. The number of hydrogen-bond acceptors (Lipinski definition) is 6. The lowest BCUT2D eigenvalue weighted by atomic mass is 10.2. The molecule has 2 aromatic heterocycles. The summed E-state index contributed by atoms with van der Waals surface area (Å²) in [5.41, 5.74) is 0.421. The molecule has 0 bridgehead atoms. The maximum absolute atomic E-state index is 12.1. The molecule has 0 aromatic carbocycles. The normalized spacial score (nSPS) is 10.4. The summed E-state index contributed by atoms with van der Waals surface area (Å²) < 4.78 is 4.92. The summed E-state index contributed by atoms with van der Waals surface area (Å²) in [4.78, 5) is 20.2. The van der Waals surface area contributed by atoms with Gasteiger partial charge in [-0.15, -0.1) is 0 Å². The molecule has 0 aliphatic heterocycles. The van der Waals surface area contributed by atoms with Crippen LogP contribution in [0.25, 0.3) is 0 Å². The Morgan fingerprint density at radius 2 is 2.19 bits per heavy atom. The first-order chi connectivity index (χ1) is 10.1. The van der Waals surface area contributed by atoms with Crippen LogP contribution in [0.1, 0.15) is 35.4 Å². The number of pyridine rings is 1. The molecule has 0 atom stereocenters. The molecular formula is C13H16ClN5O2. The zero-order valence-corrected chi connectivity index (χ0v) is 12.6. The summed E-state index contributed by atoms with van der Waals surface area (Å²) >= 11 is 5.92. The van der Waals surface area contributed by atoms with Crippen LogP contribution in [0.4, 0.5) is 5.82 Å². The molecule has 2 rings (SSSR count). The zero-order valence-electron chi connectivity index (χ0n) is 11.8. The van der Waals surface area contributed by atoms with Crippen molar-refractivity contribution in [3.8, 4) is 0 Å². The summed E-state index contributed by atoms with van der Waals surface area (Å²) in [5.74, 6) is 1.17. The minimum Gasteiger partial charge on any atom is -0.370 e. The Morgan fingerprint density at radius 3 is 2.86 bits per heavy atom. The van der Waals surface area contributed by atoms with Gasteiger partial charge in [-0.3, -0.25) is 4.79 Å². The summed E-state index contributed by atoms with van der Waals surface area (Å²) in [7, 11) is 0. The number of anilines is 1. The average molecular weight is 310 g/mol. The lowest BCUT2D eigenvalue weighted by Gasteiger charge is -2.07. The van der Waals surface area contributed by atoms with Crippen molar-refractivity contribution >= 4 is 23.3 Å². The molecule has 0 spiro atoms. The Morgan fingerprint density at radius 1 is 1.38 bits per heavy atom. The van der Waals surface area contributed by atoms with Crippen molar-refractivity contribution in [2.24, 2.45) is 0 Å². The zero-order chi connectivity index (χ0) is 15.2. The largest absolute Gasteiger partial charge is 0.370 e.